The fraction of sp³-hybridized carbons (Fsp3) is 0.474. The maximum absolute atomic E-state index is 12.3. The van der Waals surface area contributed by atoms with Crippen molar-refractivity contribution in [1.82, 2.24) is 20.1 Å². The molecule has 0 saturated carbocycles. The van der Waals surface area contributed by atoms with Gasteiger partial charge in [-0.2, -0.15) is 5.10 Å². The lowest BCUT2D eigenvalue weighted by atomic mass is 10.1. The van der Waals surface area contributed by atoms with Crippen molar-refractivity contribution in [2.24, 2.45) is 5.92 Å². The van der Waals surface area contributed by atoms with Crippen LogP contribution in [0.3, 0.4) is 0 Å². The lowest BCUT2D eigenvalue weighted by molar-refractivity contribution is -0.122. The van der Waals surface area contributed by atoms with Gasteiger partial charge in [-0.15, -0.1) is 0 Å². The quantitative estimate of drug-likeness (QED) is 0.574. The smallest absolute Gasteiger partial charge is 0.240 e. The summed E-state index contributed by atoms with van der Waals surface area (Å²) in [5.74, 6) is 0.605. The summed E-state index contributed by atoms with van der Waals surface area (Å²) >= 11 is 5.20. The van der Waals surface area contributed by atoms with Gasteiger partial charge < -0.3 is 10.6 Å². The van der Waals surface area contributed by atoms with E-state index in [4.69, 9.17) is 12.2 Å². The molecule has 0 radical (unpaired) electrons. The molecule has 1 unspecified atom stereocenters. The van der Waals surface area contributed by atoms with Gasteiger partial charge in [0.25, 0.3) is 0 Å². The Morgan fingerprint density at radius 3 is 2.81 bits per heavy atom. The summed E-state index contributed by atoms with van der Waals surface area (Å²) in [6.07, 6.45) is 2.48. The zero-order valence-electron chi connectivity index (χ0n) is 16.0. The first-order valence-corrected chi connectivity index (χ1v) is 9.66. The molecule has 1 heterocycles. The fourth-order valence-electron chi connectivity index (χ4n) is 2.54. The van der Waals surface area contributed by atoms with Gasteiger partial charge in [-0.3, -0.25) is 19.3 Å². The molecule has 1 atom stereocenters. The lowest BCUT2D eigenvalue weighted by Gasteiger charge is -2.12. The third-order valence-electron chi connectivity index (χ3n) is 4.36. The highest BCUT2D eigenvalue weighted by atomic mass is 32.1. The van der Waals surface area contributed by atoms with Crippen molar-refractivity contribution in [2.45, 2.75) is 53.1 Å². The fourth-order valence-corrected chi connectivity index (χ4v) is 2.75. The number of aromatic nitrogens is 3. The second kappa shape index (κ2) is 10.0. The van der Waals surface area contributed by atoms with Crippen LogP contribution in [0.1, 0.15) is 45.0 Å². The standard InChI is InChI=1S/C19H27N5O2S/c1-4-7-16-22-23-19(27)24(16)12-17(25)20-11-14-8-6-9-15(10-14)21-18(26)13(3)5-2/h6,8-10,13H,4-5,7,11-12H2,1-3H3,(H,20,25)(H,21,26)(H,23,27). The molecule has 146 valence electrons. The van der Waals surface area contributed by atoms with Gasteiger partial charge in [0, 0.05) is 24.6 Å². The minimum atomic E-state index is -0.140. The molecular weight excluding hydrogens is 362 g/mol. The van der Waals surface area contributed by atoms with Crippen molar-refractivity contribution in [3.05, 3.63) is 40.4 Å². The van der Waals surface area contributed by atoms with E-state index in [1.54, 1.807) is 4.57 Å². The van der Waals surface area contributed by atoms with Gasteiger partial charge in [-0.05, 0) is 42.8 Å². The Bertz CT molecular complexity index is 843. The number of nitrogens with zero attached hydrogens (tertiary/aromatic N) is 2. The second-order valence-corrected chi connectivity index (χ2v) is 6.94. The molecule has 0 spiro atoms. The van der Waals surface area contributed by atoms with Crippen molar-refractivity contribution in [1.29, 1.82) is 0 Å². The normalized spacial score (nSPS) is 11.8. The van der Waals surface area contributed by atoms with Crippen molar-refractivity contribution < 1.29 is 9.59 Å². The molecule has 0 aliphatic rings. The molecule has 7 nitrogen and oxygen atoms in total. The number of aromatic amines is 1. The van der Waals surface area contributed by atoms with E-state index in [2.05, 4.69) is 27.8 Å². The molecule has 1 aromatic heterocycles. The Labute approximate surface area is 164 Å². The number of nitrogens with one attached hydrogen (secondary N) is 3. The van der Waals surface area contributed by atoms with Crippen molar-refractivity contribution >= 4 is 29.7 Å². The van der Waals surface area contributed by atoms with Crippen LogP contribution in [0.15, 0.2) is 24.3 Å². The molecule has 0 aliphatic heterocycles. The molecule has 2 amide bonds. The van der Waals surface area contributed by atoms with Gasteiger partial charge in [-0.25, -0.2) is 0 Å². The number of H-pyrrole nitrogens is 1. The van der Waals surface area contributed by atoms with Crippen LogP contribution < -0.4 is 10.6 Å². The summed E-state index contributed by atoms with van der Waals surface area (Å²) in [7, 11) is 0. The maximum Gasteiger partial charge on any atom is 0.240 e. The molecule has 2 rings (SSSR count). The number of carbonyl (C=O) groups is 2. The van der Waals surface area contributed by atoms with E-state index in [0.29, 0.717) is 11.3 Å². The molecule has 3 N–H and O–H groups in total. The van der Waals surface area contributed by atoms with E-state index in [1.165, 1.54) is 0 Å². The summed E-state index contributed by atoms with van der Waals surface area (Å²) in [5, 5.41) is 12.7. The maximum atomic E-state index is 12.3. The Morgan fingerprint density at radius 1 is 1.33 bits per heavy atom. The molecule has 27 heavy (non-hydrogen) atoms. The Morgan fingerprint density at radius 2 is 2.11 bits per heavy atom. The predicted octanol–water partition coefficient (Wildman–Crippen LogP) is 3.19. The van der Waals surface area contributed by atoms with Crippen molar-refractivity contribution in [3.63, 3.8) is 0 Å². The van der Waals surface area contributed by atoms with Crippen LogP contribution in [0.2, 0.25) is 0 Å². The van der Waals surface area contributed by atoms with E-state index < -0.39 is 0 Å². The largest absolute Gasteiger partial charge is 0.350 e. The third kappa shape index (κ3) is 6.02. The molecule has 2 aromatic rings. The van der Waals surface area contributed by atoms with Gasteiger partial charge in [0.2, 0.25) is 11.8 Å². The number of aryl methyl sites for hydroxylation is 1. The monoisotopic (exact) mass is 389 g/mol. The van der Waals surface area contributed by atoms with Crippen LogP contribution in [0.4, 0.5) is 5.69 Å². The lowest BCUT2D eigenvalue weighted by Crippen LogP contribution is -2.28. The van der Waals surface area contributed by atoms with Crippen LogP contribution in [-0.2, 0) is 29.1 Å². The zero-order chi connectivity index (χ0) is 19.8. The SMILES string of the molecule is CCCc1n[nH]c(=S)n1CC(=O)NCc1cccc(NC(=O)C(C)CC)c1. The van der Waals surface area contributed by atoms with E-state index >= 15 is 0 Å². The number of carbonyl (C=O) groups excluding carboxylic acids is 2. The molecule has 0 bridgehead atoms. The first-order valence-electron chi connectivity index (χ1n) is 9.25. The highest BCUT2D eigenvalue weighted by Crippen LogP contribution is 2.13. The third-order valence-corrected chi connectivity index (χ3v) is 4.67. The highest BCUT2D eigenvalue weighted by Gasteiger charge is 2.12. The molecule has 8 heteroatoms. The van der Waals surface area contributed by atoms with Crippen LogP contribution in [0.5, 0.6) is 0 Å². The van der Waals surface area contributed by atoms with E-state index in [0.717, 1.165) is 36.3 Å². The van der Waals surface area contributed by atoms with E-state index in [1.807, 2.05) is 38.1 Å². The van der Waals surface area contributed by atoms with Crippen LogP contribution >= 0.6 is 12.2 Å². The topological polar surface area (TPSA) is 91.8 Å². The minimum Gasteiger partial charge on any atom is -0.350 e. The van der Waals surface area contributed by atoms with Gasteiger partial charge in [0.15, 0.2) is 4.77 Å². The van der Waals surface area contributed by atoms with Crippen LogP contribution in [-0.4, -0.2) is 26.6 Å². The van der Waals surface area contributed by atoms with Gasteiger partial charge in [-0.1, -0.05) is 32.9 Å². The Hall–Kier alpha value is -2.48. The van der Waals surface area contributed by atoms with Crippen LogP contribution in [0, 0.1) is 10.7 Å². The number of benzene rings is 1. The molecule has 0 fully saturated rings. The van der Waals surface area contributed by atoms with Gasteiger partial charge in [0.1, 0.15) is 12.4 Å². The first-order chi connectivity index (χ1) is 12.9. The summed E-state index contributed by atoms with van der Waals surface area (Å²) < 4.78 is 2.17. The number of hydrogen-bond donors (Lipinski definition) is 3. The summed E-state index contributed by atoms with van der Waals surface area (Å²) in [4.78, 5) is 24.3. The average molecular weight is 390 g/mol. The molecular formula is C19H27N5O2S. The van der Waals surface area contributed by atoms with Crippen LogP contribution in [0.25, 0.3) is 0 Å². The van der Waals surface area contributed by atoms with E-state index in [-0.39, 0.29) is 24.3 Å². The Kier molecular flexibility index (Phi) is 7.72. The molecule has 1 aromatic carbocycles. The molecule has 0 saturated heterocycles. The Balaban J connectivity index is 1.94. The van der Waals surface area contributed by atoms with Crippen molar-refractivity contribution in [3.8, 4) is 0 Å². The number of anilines is 1. The van der Waals surface area contributed by atoms with E-state index in [9.17, 15) is 9.59 Å². The summed E-state index contributed by atoms with van der Waals surface area (Å²) in [5.41, 5.74) is 1.64. The number of amides is 2. The highest BCUT2D eigenvalue weighted by molar-refractivity contribution is 7.71. The first kappa shape index (κ1) is 20.8. The summed E-state index contributed by atoms with van der Waals surface area (Å²) in [6.45, 7) is 6.44. The summed E-state index contributed by atoms with van der Waals surface area (Å²) in [6, 6.07) is 7.48. The number of rotatable bonds is 9. The second-order valence-electron chi connectivity index (χ2n) is 6.56. The average Bonchev–Trinajstić information content (AvgIpc) is 2.99. The number of hydrogen-bond acceptors (Lipinski definition) is 4. The predicted molar refractivity (Wildman–Crippen MR) is 108 cm³/mol. The van der Waals surface area contributed by atoms with Gasteiger partial charge in [0.05, 0.1) is 0 Å². The van der Waals surface area contributed by atoms with Gasteiger partial charge >= 0.3 is 0 Å². The minimum absolute atomic E-state index is 0.00327. The van der Waals surface area contributed by atoms with Crippen molar-refractivity contribution in [2.75, 3.05) is 5.32 Å². The zero-order valence-corrected chi connectivity index (χ0v) is 16.9. The molecule has 0 aliphatic carbocycles.